The molecule has 1 saturated heterocycles. The monoisotopic (exact) mass is 294 g/mol. The number of rotatable bonds is 4. The summed E-state index contributed by atoms with van der Waals surface area (Å²) in [5.74, 6) is 1.87. The Morgan fingerprint density at radius 1 is 1.23 bits per heavy atom. The van der Waals surface area contributed by atoms with Gasteiger partial charge in [-0.3, -0.25) is 0 Å². The van der Waals surface area contributed by atoms with Crippen LogP contribution in [-0.4, -0.2) is 29.7 Å². The van der Waals surface area contributed by atoms with E-state index in [0.717, 1.165) is 31.7 Å². The predicted molar refractivity (Wildman–Crippen MR) is 83.6 cm³/mol. The van der Waals surface area contributed by atoms with Crippen molar-refractivity contribution in [1.29, 1.82) is 5.26 Å². The molecule has 112 valence electrons. The molecule has 1 unspecified atom stereocenters. The molecule has 5 nitrogen and oxygen atoms in total. The minimum absolute atomic E-state index is 0.421. The highest BCUT2D eigenvalue weighted by Crippen LogP contribution is 2.24. The smallest absolute Gasteiger partial charge is 0.213 e. The largest absolute Gasteiger partial charge is 0.477 e. The van der Waals surface area contributed by atoms with Crippen molar-refractivity contribution in [3.63, 3.8) is 0 Å². The van der Waals surface area contributed by atoms with Gasteiger partial charge < -0.3 is 9.64 Å². The fraction of sp³-hybridized carbons (Fsp3) is 0.353. The molecule has 0 radical (unpaired) electrons. The first-order valence-corrected chi connectivity index (χ1v) is 7.50. The van der Waals surface area contributed by atoms with Crippen molar-refractivity contribution in [2.45, 2.75) is 12.8 Å². The van der Waals surface area contributed by atoms with Crippen LogP contribution < -0.4 is 9.64 Å². The molecule has 3 heterocycles. The van der Waals surface area contributed by atoms with Crippen LogP contribution in [0.25, 0.3) is 0 Å². The van der Waals surface area contributed by atoms with E-state index >= 15 is 0 Å². The van der Waals surface area contributed by atoms with E-state index in [1.165, 1.54) is 0 Å². The third-order valence-electron chi connectivity index (χ3n) is 3.83. The van der Waals surface area contributed by atoms with Gasteiger partial charge in [0, 0.05) is 37.5 Å². The molecule has 22 heavy (non-hydrogen) atoms. The fourth-order valence-electron chi connectivity index (χ4n) is 2.77. The van der Waals surface area contributed by atoms with Crippen molar-refractivity contribution in [3.8, 4) is 11.9 Å². The van der Waals surface area contributed by atoms with Crippen LogP contribution >= 0.6 is 0 Å². The first kappa shape index (κ1) is 14.3. The molecule has 0 aliphatic carbocycles. The lowest BCUT2D eigenvalue weighted by Gasteiger charge is -2.33. The van der Waals surface area contributed by atoms with Crippen molar-refractivity contribution in [1.82, 2.24) is 9.97 Å². The van der Waals surface area contributed by atoms with Crippen LogP contribution in [0.1, 0.15) is 18.4 Å². The molecular formula is C17H18N4O. The minimum Gasteiger partial charge on any atom is -0.477 e. The first-order chi connectivity index (χ1) is 10.9. The third kappa shape index (κ3) is 3.34. The number of hydrogen-bond donors (Lipinski definition) is 0. The Hall–Kier alpha value is -2.61. The Labute approximate surface area is 130 Å². The molecule has 1 atom stereocenters. The van der Waals surface area contributed by atoms with E-state index in [2.05, 4.69) is 20.9 Å². The number of ether oxygens (including phenoxy) is 1. The summed E-state index contributed by atoms with van der Waals surface area (Å²) in [6.45, 7) is 2.44. The number of hydrogen-bond acceptors (Lipinski definition) is 5. The van der Waals surface area contributed by atoms with Gasteiger partial charge in [-0.1, -0.05) is 6.07 Å². The topological polar surface area (TPSA) is 62.0 Å². The first-order valence-electron chi connectivity index (χ1n) is 7.50. The van der Waals surface area contributed by atoms with Crippen LogP contribution in [-0.2, 0) is 0 Å². The lowest BCUT2D eigenvalue weighted by molar-refractivity contribution is 0.221. The molecule has 0 aromatic carbocycles. The van der Waals surface area contributed by atoms with E-state index in [0.29, 0.717) is 24.0 Å². The molecule has 1 fully saturated rings. The van der Waals surface area contributed by atoms with Crippen LogP contribution in [0, 0.1) is 17.2 Å². The van der Waals surface area contributed by atoms with Crippen LogP contribution in [0.2, 0.25) is 0 Å². The quantitative estimate of drug-likeness (QED) is 0.867. The third-order valence-corrected chi connectivity index (χ3v) is 3.83. The summed E-state index contributed by atoms with van der Waals surface area (Å²) in [7, 11) is 0. The Balaban J connectivity index is 1.63. The fourth-order valence-corrected chi connectivity index (χ4v) is 2.77. The summed E-state index contributed by atoms with van der Waals surface area (Å²) in [4.78, 5) is 10.7. The van der Waals surface area contributed by atoms with Crippen LogP contribution in [0.4, 0.5) is 5.82 Å². The molecule has 0 bridgehead atoms. The van der Waals surface area contributed by atoms with E-state index in [9.17, 15) is 5.26 Å². The standard InChI is InChI=1S/C17H18N4O/c18-11-15-6-3-9-20-17(15)21-10-4-5-14(12-21)13-22-16-7-1-2-8-19-16/h1-3,6-9,14H,4-5,10,12-13H2. The zero-order chi connectivity index (χ0) is 15.2. The number of piperidine rings is 1. The van der Waals surface area contributed by atoms with E-state index in [-0.39, 0.29) is 0 Å². The second-order valence-electron chi connectivity index (χ2n) is 5.42. The van der Waals surface area contributed by atoms with Crippen molar-refractivity contribution in [2.75, 3.05) is 24.6 Å². The van der Waals surface area contributed by atoms with Crippen molar-refractivity contribution in [3.05, 3.63) is 48.3 Å². The summed E-state index contributed by atoms with van der Waals surface area (Å²) in [5.41, 5.74) is 0.633. The van der Waals surface area contributed by atoms with Crippen molar-refractivity contribution >= 4 is 5.82 Å². The van der Waals surface area contributed by atoms with Gasteiger partial charge in [0.05, 0.1) is 12.2 Å². The summed E-state index contributed by atoms with van der Waals surface area (Å²) in [6.07, 6.45) is 5.68. The van der Waals surface area contributed by atoms with Gasteiger partial charge in [0.25, 0.3) is 0 Å². The van der Waals surface area contributed by atoms with Gasteiger partial charge >= 0.3 is 0 Å². The molecular weight excluding hydrogens is 276 g/mol. The summed E-state index contributed by atoms with van der Waals surface area (Å²) in [6, 6.07) is 11.5. The summed E-state index contributed by atoms with van der Waals surface area (Å²) in [5, 5.41) is 9.22. The van der Waals surface area contributed by atoms with E-state index in [1.807, 2.05) is 24.3 Å². The Bertz CT molecular complexity index is 653. The minimum atomic E-state index is 0.421. The molecule has 2 aromatic rings. The van der Waals surface area contributed by atoms with Gasteiger partial charge in [-0.25, -0.2) is 9.97 Å². The highest BCUT2D eigenvalue weighted by atomic mass is 16.5. The Morgan fingerprint density at radius 2 is 2.14 bits per heavy atom. The van der Waals surface area contributed by atoms with Crippen LogP contribution in [0.15, 0.2) is 42.7 Å². The maximum atomic E-state index is 9.22. The SMILES string of the molecule is N#Cc1cccnc1N1CCCC(COc2ccccn2)C1. The Kier molecular flexibility index (Phi) is 4.50. The zero-order valence-corrected chi connectivity index (χ0v) is 12.4. The molecule has 3 rings (SSSR count). The number of nitriles is 1. The number of anilines is 1. The summed E-state index contributed by atoms with van der Waals surface area (Å²) < 4.78 is 5.76. The normalized spacial score (nSPS) is 17.8. The van der Waals surface area contributed by atoms with Gasteiger partial charge in [0.15, 0.2) is 0 Å². The number of nitrogens with zero attached hydrogens (tertiary/aromatic N) is 4. The lowest BCUT2D eigenvalue weighted by Crippen LogP contribution is -2.38. The van der Waals surface area contributed by atoms with E-state index in [1.54, 1.807) is 18.5 Å². The van der Waals surface area contributed by atoms with E-state index in [4.69, 9.17) is 4.74 Å². The lowest BCUT2D eigenvalue weighted by atomic mass is 9.98. The predicted octanol–water partition coefficient (Wildman–Crippen LogP) is 2.64. The maximum absolute atomic E-state index is 9.22. The van der Waals surface area contributed by atoms with Gasteiger partial charge in [-0.15, -0.1) is 0 Å². The Morgan fingerprint density at radius 3 is 2.95 bits per heavy atom. The highest BCUT2D eigenvalue weighted by Gasteiger charge is 2.23. The second-order valence-corrected chi connectivity index (χ2v) is 5.42. The number of aromatic nitrogens is 2. The number of pyridine rings is 2. The van der Waals surface area contributed by atoms with Gasteiger partial charge in [-0.2, -0.15) is 5.26 Å². The average Bonchev–Trinajstić information content (AvgIpc) is 2.61. The molecule has 0 spiro atoms. The van der Waals surface area contributed by atoms with Gasteiger partial charge in [0.2, 0.25) is 5.88 Å². The molecule has 0 amide bonds. The van der Waals surface area contributed by atoms with Crippen molar-refractivity contribution < 1.29 is 4.74 Å². The molecule has 0 saturated carbocycles. The zero-order valence-electron chi connectivity index (χ0n) is 12.4. The second kappa shape index (κ2) is 6.90. The summed E-state index contributed by atoms with van der Waals surface area (Å²) >= 11 is 0. The van der Waals surface area contributed by atoms with Crippen LogP contribution in [0.3, 0.4) is 0 Å². The molecule has 2 aromatic heterocycles. The van der Waals surface area contributed by atoms with E-state index < -0.39 is 0 Å². The van der Waals surface area contributed by atoms with Crippen LogP contribution in [0.5, 0.6) is 5.88 Å². The van der Waals surface area contributed by atoms with Gasteiger partial charge in [0.1, 0.15) is 11.9 Å². The molecule has 1 aliphatic heterocycles. The molecule has 1 aliphatic rings. The average molecular weight is 294 g/mol. The highest BCUT2D eigenvalue weighted by molar-refractivity contribution is 5.53. The molecule has 5 heteroatoms. The maximum Gasteiger partial charge on any atom is 0.213 e. The molecule has 0 N–H and O–H groups in total. The van der Waals surface area contributed by atoms with Crippen molar-refractivity contribution in [2.24, 2.45) is 5.92 Å². The van der Waals surface area contributed by atoms with Gasteiger partial charge in [-0.05, 0) is 31.0 Å².